The molecular weight excluding hydrogens is 261 g/mol. The fourth-order valence-corrected chi connectivity index (χ4v) is 1.63. The molecule has 0 spiro atoms. The van der Waals surface area contributed by atoms with E-state index in [4.69, 9.17) is 5.11 Å². The van der Waals surface area contributed by atoms with Crippen molar-refractivity contribution in [2.75, 3.05) is 11.9 Å². The first-order valence-corrected chi connectivity index (χ1v) is 5.79. The van der Waals surface area contributed by atoms with Gasteiger partial charge >= 0.3 is 0 Å². The highest BCUT2D eigenvalue weighted by atomic mass is 19.1. The van der Waals surface area contributed by atoms with E-state index in [1.54, 1.807) is 13.2 Å². The van der Waals surface area contributed by atoms with Gasteiger partial charge in [-0.2, -0.15) is 5.10 Å². The number of nitrogens with one attached hydrogen (secondary N) is 1. The maximum Gasteiger partial charge on any atom is 0.257 e. The first-order chi connectivity index (χ1) is 9.60. The minimum atomic E-state index is -0.532. The number of carbonyl (C=O) groups excluding carboxylic acids is 1. The van der Waals surface area contributed by atoms with Crippen molar-refractivity contribution in [1.29, 1.82) is 0 Å². The van der Waals surface area contributed by atoms with E-state index in [0.717, 1.165) is 6.07 Å². The lowest BCUT2D eigenvalue weighted by atomic mass is 10.1. The maximum absolute atomic E-state index is 13.3. The SMILES string of the molecule is Cn1cc(NC(=O)c2cc(F)ccc2C#CCO)cn1. The number of carbonyl (C=O) groups is 1. The third kappa shape index (κ3) is 3.22. The molecule has 1 amide bonds. The first-order valence-electron chi connectivity index (χ1n) is 5.79. The Hall–Kier alpha value is -2.65. The Bertz CT molecular complexity index is 698. The number of nitrogens with zero attached hydrogens (tertiary/aromatic N) is 2. The van der Waals surface area contributed by atoms with Crippen LogP contribution in [0.4, 0.5) is 10.1 Å². The number of hydrogen-bond donors (Lipinski definition) is 2. The monoisotopic (exact) mass is 273 g/mol. The van der Waals surface area contributed by atoms with Crippen LogP contribution < -0.4 is 5.32 Å². The van der Waals surface area contributed by atoms with Gasteiger partial charge in [-0.1, -0.05) is 11.8 Å². The lowest BCUT2D eigenvalue weighted by molar-refractivity contribution is 0.102. The molecule has 0 aliphatic carbocycles. The first kappa shape index (κ1) is 13.8. The number of aliphatic hydroxyl groups is 1. The molecule has 0 fully saturated rings. The molecule has 1 heterocycles. The molecule has 2 rings (SSSR count). The number of rotatable bonds is 2. The molecule has 0 aliphatic rings. The molecule has 1 aromatic heterocycles. The van der Waals surface area contributed by atoms with E-state index >= 15 is 0 Å². The van der Waals surface area contributed by atoms with Crippen molar-refractivity contribution < 1.29 is 14.3 Å². The molecule has 0 saturated heterocycles. The van der Waals surface area contributed by atoms with Crippen LogP contribution in [0.1, 0.15) is 15.9 Å². The number of hydrogen-bond acceptors (Lipinski definition) is 3. The van der Waals surface area contributed by atoms with Gasteiger partial charge in [0.15, 0.2) is 0 Å². The van der Waals surface area contributed by atoms with Crippen molar-refractivity contribution in [3.05, 3.63) is 47.5 Å². The number of aliphatic hydroxyl groups excluding tert-OH is 1. The number of anilines is 1. The van der Waals surface area contributed by atoms with Crippen LogP contribution in [0.5, 0.6) is 0 Å². The summed E-state index contributed by atoms with van der Waals surface area (Å²) in [5.41, 5.74) is 0.958. The molecule has 2 N–H and O–H groups in total. The fraction of sp³-hybridized carbons (Fsp3) is 0.143. The smallest absolute Gasteiger partial charge is 0.257 e. The van der Waals surface area contributed by atoms with Gasteiger partial charge in [0.05, 0.1) is 17.4 Å². The van der Waals surface area contributed by atoms with E-state index in [9.17, 15) is 9.18 Å². The normalized spacial score (nSPS) is 9.75. The van der Waals surface area contributed by atoms with Gasteiger partial charge < -0.3 is 10.4 Å². The average Bonchev–Trinajstić information content (AvgIpc) is 2.82. The Morgan fingerprint density at radius 1 is 1.55 bits per heavy atom. The van der Waals surface area contributed by atoms with E-state index < -0.39 is 11.7 Å². The Balaban J connectivity index is 2.30. The lowest BCUT2D eigenvalue weighted by Crippen LogP contribution is -2.13. The summed E-state index contributed by atoms with van der Waals surface area (Å²) in [6, 6.07) is 3.71. The summed E-state index contributed by atoms with van der Waals surface area (Å²) in [4.78, 5) is 12.1. The topological polar surface area (TPSA) is 67.2 Å². The van der Waals surface area contributed by atoms with Gasteiger partial charge in [0.25, 0.3) is 5.91 Å². The van der Waals surface area contributed by atoms with Gasteiger partial charge in [-0.3, -0.25) is 9.48 Å². The molecule has 20 heavy (non-hydrogen) atoms. The van der Waals surface area contributed by atoms with Gasteiger partial charge in [0, 0.05) is 18.8 Å². The van der Waals surface area contributed by atoms with Crippen molar-refractivity contribution in [2.45, 2.75) is 0 Å². The summed E-state index contributed by atoms with van der Waals surface area (Å²) in [6.07, 6.45) is 3.10. The van der Waals surface area contributed by atoms with Crippen molar-refractivity contribution in [1.82, 2.24) is 9.78 Å². The van der Waals surface area contributed by atoms with Crippen molar-refractivity contribution >= 4 is 11.6 Å². The highest BCUT2D eigenvalue weighted by molar-refractivity contribution is 6.05. The second kappa shape index (κ2) is 5.99. The highest BCUT2D eigenvalue weighted by Gasteiger charge is 2.12. The Morgan fingerprint density at radius 3 is 3.00 bits per heavy atom. The second-order valence-corrected chi connectivity index (χ2v) is 4.01. The maximum atomic E-state index is 13.3. The molecule has 0 aliphatic heterocycles. The largest absolute Gasteiger partial charge is 0.384 e. The van der Waals surface area contributed by atoms with Crippen LogP contribution in [-0.4, -0.2) is 27.4 Å². The molecular formula is C14H12FN3O2. The van der Waals surface area contributed by atoms with Crippen LogP contribution in [0.3, 0.4) is 0 Å². The van der Waals surface area contributed by atoms with Crippen molar-refractivity contribution in [3.8, 4) is 11.8 Å². The number of halogens is 1. The van der Waals surface area contributed by atoms with Crippen LogP contribution in [-0.2, 0) is 7.05 Å². The summed E-state index contributed by atoms with van der Waals surface area (Å²) in [5, 5.41) is 15.2. The van der Waals surface area contributed by atoms with Gasteiger partial charge in [-0.25, -0.2) is 4.39 Å². The Kier molecular flexibility index (Phi) is 4.13. The zero-order valence-corrected chi connectivity index (χ0v) is 10.7. The predicted octanol–water partition coefficient (Wildman–Crippen LogP) is 1.16. The van der Waals surface area contributed by atoms with Crippen LogP contribution in [0.2, 0.25) is 0 Å². The summed E-state index contributed by atoms with van der Waals surface area (Å²) in [5.74, 6) is 4.03. The van der Waals surface area contributed by atoms with Gasteiger partial charge in [-0.15, -0.1) is 0 Å². The van der Waals surface area contributed by atoms with Crippen molar-refractivity contribution in [2.24, 2.45) is 7.05 Å². The van der Waals surface area contributed by atoms with E-state index in [-0.39, 0.29) is 12.2 Å². The summed E-state index contributed by atoms with van der Waals surface area (Å²) in [6.45, 7) is -0.332. The molecule has 5 nitrogen and oxygen atoms in total. The third-order valence-electron chi connectivity index (χ3n) is 2.49. The number of amides is 1. The molecule has 0 saturated carbocycles. The number of aromatic nitrogens is 2. The summed E-state index contributed by atoms with van der Waals surface area (Å²) < 4.78 is 14.8. The van der Waals surface area contributed by atoms with Gasteiger partial charge in [0.1, 0.15) is 12.4 Å². The third-order valence-corrected chi connectivity index (χ3v) is 2.49. The summed E-state index contributed by atoms with van der Waals surface area (Å²) in [7, 11) is 1.72. The van der Waals surface area contributed by atoms with E-state index in [1.807, 2.05) is 0 Å². The fourth-order valence-electron chi connectivity index (χ4n) is 1.63. The average molecular weight is 273 g/mol. The molecule has 102 valence electrons. The van der Waals surface area contributed by atoms with Crippen LogP contribution in [0, 0.1) is 17.7 Å². The zero-order valence-electron chi connectivity index (χ0n) is 10.7. The second-order valence-electron chi connectivity index (χ2n) is 4.01. The minimum absolute atomic E-state index is 0.106. The Labute approximate surface area is 115 Å². The molecule has 0 radical (unpaired) electrons. The lowest BCUT2D eigenvalue weighted by Gasteiger charge is -2.05. The Morgan fingerprint density at radius 2 is 2.35 bits per heavy atom. The quantitative estimate of drug-likeness (QED) is 0.807. The molecule has 0 atom stereocenters. The minimum Gasteiger partial charge on any atom is -0.384 e. The number of benzene rings is 1. The van der Waals surface area contributed by atoms with Crippen molar-refractivity contribution in [3.63, 3.8) is 0 Å². The zero-order chi connectivity index (χ0) is 14.5. The predicted molar refractivity (Wildman–Crippen MR) is 71.5 cm³/mol. The highest BCUT2D eigenvalue weighted by Crippen LogP contribution is 2.13. The molecule has 6 heteroatoms. The summed E-state index contributed by atoms with van der Waals surface area (Å²) >= 11 is 0. The van der Waals surface area contributed by atoms with Crippen LogP contribution in [0.15, 0.2) is 30.6 Å². The molecule has 0 unspecified atom stereocenters. The standard InChI is InChI=1S/C14H12FN3O2/c1-18-9-12(8-16-18)17-14(20)13-7-11(15)5-4-10(13)3-2-6-19/h4-5,7-9,19H,6H2,1H3,(H,17,20). The number of aryl methyl sites for hydroxylation is 1. The van der Waals surface area contributed by atoms with E-state index in [1.165, 1.54) is 23.0 Å². The molecule has 1 aromatic carbocycles. The van der Waals surface area contributed by atoms with Crippen LogP contribution >= 0.6 is 0 Å². The van der Waals surface area contributed by atoms with Crippen LogP contribution in [0.25, 0.3) is 0 Å². The molecule has 0 bridgehead atoms. The van der Waals surface area contributed by atoms with Gasteiger partial charge in [0.2, 0.25) is 0 Å². The van der Waals surface area contributed by atoms with E-state index in [0.29, 0.717) is 11.3 Å². The van der Waals surface area contributed by atoms with Gasteiger partial charge in [-0.05, 0) is 18.2 Å². The molecule has 2 aromatic rings. The van der Waals surface area contributed by atoms with E-state index in [2.05, 4.69) is 22.3 Å².